The summed E-state index contributed by atoms with van der Waals surface area (Å²) in [6.07, 6.45) is 0. The van der Waals surface area contributed by atoms with E-state index in [1.165, 1.54) is 0 Å². The van der Waals surface area contributed by atoms with Gasteiger partial charge in [-0.05, 0) is 31.5 Å². The van der Waals surface area contributed by atoms with Crippen molar-refractivity contribution in [1.82, 2.24) is 9.88 Å². The number of carboxylic acid groups (broad SMARTS) is 1. The number of aliphatic hydroxyl groups is 1. The van der Waals surface area contributed by atoms with Gasteiger partial charge in [0, 0.05) is 5.69 Å². The Morgan fingerprint density at radius 1 is 1.08 bits per heavy atom. The number of carboxylic acids is 1. The molecule has 1 aromatic carbocycles. The number of aromatic nitrogens is 1. The summed E-state index contributed by atoms with van der Waals surface area (Å²) in [6.45, 7) is 2.74. The number of carbonyl (C=O) groups excluding carboxylic acids is 2. The molecule has 0 saturated heterocycles. The van der Waals surface area contributed by atoms with E-state index in [2.05, 4.69) is 5.32 Å². The molecule has 3 rings (SSSR count). The van der Waals surface area contributed by atoms with E-state index in [0.717, 1.165) is 11.3 Å². The molecule has 1 aliphatic rings. The number of ketones is 1. The van der Waals surface area contributed by atoms with Crippen LogP contribution in [0.25, 0.3) is 11.3 Å². The lowest BCUT2D eigenvalue weighted by Crippen LogP contribution is -2.43. The van der Waals surface area contributed by atoms with Crippen molar-refractivity contribution in [3.63, 3.8) is 0 Å². The molecule has 26 heavy (non-hydrogen) atoms. The topological polar surface area (TPSA) is 109 Å². The number of carbonyl (C=O) groups is 3. The van der Waals surface area contributed by atoms with Gasteiger partial charge in [-0.15, -0.1) is 0 Å². The van der Waals surface area contributed by atoms with Crippen LogP contribution in [0.5, 0.6) is 0 Å². The van der Waals surface area contributed by atoms with Crippen LogP contribution in [0.2, 0.25) is 0 Å². The second-order valence-corrected chi connectivity index (χ2v) is 6.49. The van der Waals surface area contributed by atoms with Crippen molar-refractivity contribution in [2.75, 3.05) is 6.54 Å². The quantitative estimate of drug-likeness (QED) is 0.729. The molecule has 0 atom stereocenters. The summed E-state index contributed by atoms with van der Waals surface area (Å²) >= 11 is 0. The fraction of sp³-hybridized carbons (Fsp3) is 0.211. The SMILES string of the molecule is CC1(C)C(O)=C(C(=O)NCC(=O)O)C(=O)c2ccc(-c3ccccc3)n21. The maximum Gasteiger partial charge on any atom is 0.322 e. The molecular formula is C19H18N2O5. The van der Waals surface area contributed by atoms with Crippen molar-refractivity contribution >= 4 is 17.7 Å². The smallest absolute Gasteiger partial charge is 0.322 e. The van der Waals surface area contributed by atoms with E-state index < -0.39 is 41.1 Å². The lowest BCUT2D eigenvalue weighted by atomic mass is 9.89. The highest BCUT2D eigenvalue weighted by atomic mass is 16.4. The predicted molar refractivity (Wildman–Crippen MR) is 93.8 cm³/mol. The van der Waals surface area contributed by atoms with Gasteiger partial charge in [0.2, 0.25) is 5.78 Å². The summed E-state index contributed by atoms with van der Waals surface area (Å²) < 4.78 is 1.69. The highest BCUT2D eigenvalue weighted by Gasteiger charge is 2.42. The lowest BCUT2D eigenvalue weighted by Gasteiger charge is -2.35. The number of aliphatic carboxylic acids is 1. The first-order valence-electron chi connectivity index (χ1n) is 8.01. The van der Waals surface area contributed by atoms with Gasteiger partial charge in [-0.2, -0.15) is 0 Å². The minimum Gasteiger partial charge on any atom is -0.509 e. The van der Waals surface area contributed by atoms with Gasteiger partial charge in [-0.1, -0.05) is 30.3 Å². The van der Waals surface area contributed by atoms with Gasteiger partial charge in [-0.3, -0.25) is 14.4 Å². The Hall–Kier alpha value is -3.35. The molecule has 0 bridgehead atoms. The number of rotatable bonds is 4. The molecular weight excluding hydrogens is 336 g/mol. The highest BCUT2D eigenvalue weighted by Crippen LogP contribution is 2.39. The molecule has 1 aliphatic heterocycles. The van der Waals surface area contributed by atoms with Crippen LogP contribution in [0.4, 0.5) is 0 Å². The Balaban J connectivity index is 2.11. The number of aliphatic hydroxyl groups excluding tert-OH is 1. The largest absolute Gasteiger partial charge is 0.509 e. The molecule has 0 radical (unpaired) electrons. The Morgan fingerprint density at radius 2 is 1.69 bits per heavy atom. The van der Waals surface area contributed by atoms with Crippen LogP contribution in [-0.4, -0.2) is 39.0 Å². The zero-order chi connectivity index (χ0) is 19.1. The third kappa shape index (κ3) is 2.67. The molecule has 2 heterocycles. The summed E-state index contributed by atoms with van der Waals surface area (Å²) in [6, 6.07) is 12.7. The van der Waals surface area contributed by atoms with E-state index in [4.69, 9.17) is 5.11 Å². The number of nitrogens with one attached hydrogen (secondary N) is 1. The third-order valence-electron chi connectivity index (χ3n) is 4.41. The summed E-state index contributed by atoms with van der Waals surface area (Å²) in [4.78, 5) is 35.7. The molecule has 0 unspecified atom stereocenters. The minimum absolute atomic E-state index is 0.257. The molecule has 1 aromatic heterocycles. The van der Waals surface area contributed by atoms with Crippen molar-refractivity contribution in [2.45, 2.75) is 19.4 Å². The first kappa shape index (κ1) is 17.5. The van der Waals surface area contributed by atoms with E-state index >= 15 is 0 Å². The van der Waals surface area contributed by atoms with Crippen molar-refractivity contribution in [2.24, 2.45) is 0 Å². The number of benzene rings is 1. The number of Topliss-reactive ketones (excluding diaryl/α,β-unsaturated/α-hetero) is 1. The van der Waals surface area contributed by atoms with E-state index in [-0.39, 0.29) is 5.69 Å². The molecule has 0 aliphatic carbocycles. The zero-order valence-electron chi connectivity index (χ0n) is 14.3. The van der Waals surface area contributed by atoms with Gasteiger partial charge in [0.05, 0.1) is 11.2 Å². The van der Waals surface area contributed by atoms with Crippen LogP contribution in [0.1, 0.15) is 24.3 Å². The van der Waals surface area contributed by atoms with Crippen LogP contribution < -0.4 is 5.32 Å². The van der Waals surface area contributed by atoms with E-state index in [1.54, 1.807) is 30.5 Å². The van der Waals surface area contributed by atoms with Gasteiger partial charge in [0.1, 0.15) is 17.9 Å². The second-order valence-electron chi connectivity index (χ2n) is 6.49. The molecule has 2 aromatic rings. The monoisotopic (exact) mass is 354 g/mol. The van der Waals surface area contributed by atoms with Crippen LogP contribution in [-0.2, 0) is 15.1 Å². The minimum atomic E-state index is -1.24. The summed E-state index contributed by atoms with van der Waals surface area (Å²) in [7, 11) is 0. The molecule has 0 spiro atoms. The summed E-state index contributed by atoms with van der Waals surface area (Å²) in [5.41, 5.74) is 0.365. The molecule has 0 fully saturated rings. The van der Waals surface area contributed by atoms with Crippen LogP contribution in [0.15, 0.2) is 53.8 Å². The lowest BCUT2D eigenvalue weighted by molar-refractivity contribution is -0.137. The van der Waals surface area contributed by atoms with Crippen LogP contribution in [0.3, 0.4) is 0 Å². The van der Waals surface area contributed by atoms with Crippen molar-refractivity contribution in [3.05, 3.63) is 59.5 Å². The molecule has 0 saturated carbocycles. The highest BCUT2D eigenvalue weighted by molar-refractivity contribution is 6.26. The van der Waals surface area contributed by atoms with Crippen molar-refractivity contribution in [1.29, 1.82) is 0 Å². The van der Waals surface area contributed by atoms with Gasteiger partial charge in [-0.25, -0.2) is 0 Å². The van der Waals surface area contributed by atoms with E-state index in [0.29, 0.717) is 0 Å². The number of allylic oxidation sites excluding steroid dienone is 1. The Bertz CT molecular complexity index is 938. The maximum absolute atomic E-state index is 12.8. The Morgan fingerprint density at radius 3 is 2.31 bits per heavy atom. The number of hydrogen-bond donors (Lipinski definition) is 3. The molecule has 3 N–H and O–H groups in total. The predicted octanol–water partition coefficient (Wildman–Crippen LogP) is 2.10. The van der Waals surface area contributed by atoms with Gasteiger partial charge >= 0.3 is 5.97 Å². The van der Waals surface area contributed by atoms with Gasteiger partial charge < -0.3 is 20.1 Å². The molecule has 7 nitrogen and oxygen atoms in total. The molecule has 1 amide bonds. The first-order chi connectivity index (χ1) is 12.2. The van der Waals surface area contributed by atoms with E-state index in [9.17, 15) is 19.5 Å². The first-order valence-corrected chi connectivity index (χ1v) is 8.01. The van der Waals surface area contributed by atoms with Crippen molar-refractivity contribution in [3.8, 4) is 11.3 Å². The van der Waals surface area contributed by atoms with Gasteiger partial charge in [0.15, 0.2) is 0 Å². The Kier molecular flexibility index (Phi) is 4.15. The zero-order valence-corrected chi connectivity index (χ0v) is 14.3. The number of fused-ring (bicyclic) bond motifs is 1. The van der Waals surface area contributed by atoms with Gasteiger partial charge in [0.25, 0.3) is 5.91 Å². The van der Waals surface area contributed by atoms with E-state index in [1.807, 2.05) is 30.3 Å². The van der Waals surface area contributed by atoms with Crippen molar-refractivity contribution < 1.29 is 24.6 Å². The average molecular weight is 354 g/mol. The number of hydrogen-bond acceptors (Lipinski definition) is 4. The average Bonchev–Trinajstić information content (AvgIpc) is 3.06. The third-order valence-corrected chi connectivity index (χ3v) is 4.41. The normalized spacial score (nSPS) is 15.5. The standard InChI is InChI=1S/C19H18N2O5/c1-19(2)17(25)15(18(26)20-10-14(22)23)16(24)13-9-8-12(21(13)19)11-6-4-3-5-7-11/h3-9,25H,10H2,1-2H3,(H,20,26)(H,22,23). The maximum atomic E-state index is 12.8. The summed E-state index contributed by atoms with van der Waals surface area (Å²) in [5, 5.41) is 21.5. The number of amides is 1. The number of nitrogens with zero attached hydrogens (tertiary/aromatic N) is 1. The molecule has 7 heteroatoms. The fourth-order valence-corrected chi connectivity index (χ4v) is 3.15. The fourth-order valence-electron chi connectivity index (χ4n) is 3.15. The second kappa shape index (κ2) is 6.18. The molecule has 134 valence electrons. The Labute approximate surface area is 149 Å². The summed E-state index contributed by atoms with van der Waals surface area (Å²) in [5.74, 6) is -3.19. The van der Waals surface area contributed by atoms with Crippen LogP contribution >= 0.6 is 0 Å². The van der Waals surface area contributed by atoms with Crippen LogP contribution in [0, 0.1) is 0 Å².